The van der Waals surface area contributed by atoms with Crippen LogP contribution in [0.5, 0.6) is 0 Å². The average Bonchev–Trinajstić information content (AvgIpc) is 3.09. The Kier molecular flexibility index (Phi) is 4.95. The van der Waals surface area contributed by atoms with Crippen LogP contribution in [-0.4, -0.2) is 51.7 Å². The zero-order valence-electron chi connectivity index (χ0n) is 15.1. The topological polar surface area (TPSA) is 59.7 Å². The van der Waals surface area contributed by atoms with Crippen LogP contribution in [0.3, 0.4) is 0 Å². The third-order valence-corrected chi connectivity index (χ3v) is 4.60. The SMILES string of the molecule is O=C(Cc1cc2nc(-c3ccc(F)cc3)cc(C(F)(F)F)n2n1)N1CCOCC1. The van der Waals surface area contributed by atoms with E-state index in [0.29, 0.717) is 36.4 Å². The number of hydrogen-bond acceptors (Lipinski definition) is 4. The maximum atomic E-state index is 13.6. The van der Waals surface area contributed by atoms with E-state index >= 15 is 0 Å². The lowest BCUT2D eigenvalue weighted by atomic mass is 10.1. The number of hydrogen-bond donors (Lipinski definition) is 0. The Morgan fingerprint density at radius 3 is 2.45 bits per heavy atom. The first-order valence-electron chi connectivity index (χ1n) is 8.89. The largest absolute Gasteiger partial charge is 0.433 e. The minimum absolute atomic E-state index is 0.0378. The molecule has 0 saturated carbocycles. The Bertz CT molecular complexity index is 1040. The Morgan fingerprint density at radius 2 is 1.79 bits per heavy atom. The molecule has 3 heterocycles. The van der Waals surface area contributed by atoms with E-state index in [1.807, 2.05) is 0 Å². The Hall–Kier alpha value is -3.01. The predicted octanol–water partition coefficient (Wildman–Crippen LogP) is 2.96. The molecule has 0 atom stereocenters. The van der Waals surface area contributed by atoms with Gasteiger partial charge in [0.1, 0.15) is 5.82 Å². The second kappa shape index (κ2) is 7.43. The van der Waals surface area contributed by atoms with Gasteiger partial charge in [-0.3, -0.25) is 4.79 Å². The number of benzene rings is 1. The molecule has 0 N–H and O–H groups in total. The predicted molar refractivity (Wildman–Crippen MR) is 94.5 cm³/mol. The Labute approximate surface area is 162 Å². The zero-order valence-corrected chi connectivity index (χ0v) is 15.1. The average molecular weight is 408 g/mol. The molecule has 1 aromatic carbocycles. The molecule has 152 valence electrons. The highest BCUT2D eigenvalue weighted by Crippen LogP contribution is 2.32. The fraction of sp³-hybridized carbons (Fsp3) is 0.316. The van der Waals surface area contributed by atoms with E-state index < -0.39 is 17.7 Å². The number of alkyl halides is 3. The summed E-state index contributed by atoms with van der Waals surface area (Å²) in [6.45, 7) is 1.73. The minimum Gasteiger partial charge on any atom is -0.378 e. The molecule has 0 spiro atoms. The van der Waals surface area contributed by atoms with Crippen molar-refractivity contribution in [2.24, 2.45) is 0 Å². The summed E-state index contributed by atoms with van der Waals surface area (Å²) in [6, 6.07) is 7.23. The maximum Gasteiger partial charge on any atom is 0.433 e. The number of fused-ring (bicyclic) bond motifs is 1. The minimum atomic E-state index is -4.69. The van der Waals surface area contributed by atoms with E-state index in [2.05, 4.69) is 10.1 Å². The van der Waals surface area contributed by atoms with Gasteiger partial charge in [0.25, 0.3) is 0 Å². The maximum absolute atomic E-state index is 13.6. The molecule has 1 amide bonds. The fourth-order valence-electron chi connectivity index (χ4n) is 3.16. The standard InChI is InChI=1S/C19H16F4N4O2/c20-13-3-1-12(2-4-13)15-11-16(19(21,22)23)27-17(24-15)9-14(25-27)10-18(28)26-5-7-29-8-6-26/h1-4,9,11H,5-8,10H2. The second-order valence-corrected chi connectivity index (χ2v) is 6.61. The van der Waals surface area contributed by atoms with Gasteiger partial charge in [-0.2, -0.15) is 18.3 Å². The van der Waals surface area contributed by atoms with Gasteiger partial charge in [-0.15, -0.1) is 0 Å². The number of nitrogens with zero attached hydrogens (tertiary/aromatic N) is 4. The molecule has 4 rings (SSSR count). The van der Waals surface area contributed by atoms with Gasteiger partial charge in [0, 0.05) is 24.7 Å². The van der Waals surface area contributed by atoms with Crippen LogP contribution in [0.1, 0.15) is 11.4 Å². The van der Waals surface area contributed by atoms with Crippen LogP contribution in [0.4, 0.5) is 17.6 Å². The van der Waals surface area contributed by atoms with Crippen LogP contribution in [-0.2, 0) is 22.1 Å². The summed E-state index contributed by atoms with van der Waals surface area (Å²) in [6.07, 6.45) is -4.82. The molecule has 0 aliphatic carbocycles. The van der Waals surface area contributed by atoms with Gasteiger partial charge >= 0.3 is 6.18 Å². The van der Waals surface area contributed by atoms with Crippen LogP contribution >= 0.6 is 0 Å². The first kappa shape index (κ1) is 19.3. The zero-order chi connectivity index (χ0) is 20.6. The van der Waals surface area contributed by atoms with Gasteiger partial charge in [0.2, 0.25) is 5.91 Å². The summed E-state index contributed by atoms with van der Waals surface area (Å²) in [4.78, 5) is 18.2. The van der Waals surface area contributed by atoms with Crippen molar-refractivity contribution in [3.8, 4) is 11.3 Å². The Morgan fingerprint density at radius 1 is 1.10 bits per heavy atom. The number of amides is 1. The molecule has 0 radical (unpaired) electrons. The number of halogens is 4. The summed E-state index contributed by atoms with van der Waals surface area (Å²) in [7, 11) is 0. The highest BCUT2D eigenvalue weighted by Gasteiger charge is 2.35. The third kappa shape index (κ3) is 4.07. The smallest absolute Gasteiger partial charge is 0.378 e. The summed E-state index contributed by atoms with van der Waals surface area (Å²) in [5, 5.41) is 3.96. The van der Waals surface area contributed by atoms with Gasteiger partial charge < -0.3 is 9.64 Å². The van der Waals surface area contributed by atoms with E-state index in [0.717, 1.165) is 18.2 Å². The lowest BCUT2D eigenvalue weighted by molar-refractivity contribution is -0.142. The van der Waals surface area contributed by atoms with Gasteiger partial charge in [-0.05, 0) is 30.3 Å². The molecule has 6 nitrogen and oxygen atoms in total. The highest BCUT2D eigenvalue weighted by molar-refractivity contribution is 5.78. The number of morpholine rings is 1. The normalized spacial score (nSPS) is 15.1. The van der Waals surface area contributed by atoms with Gasteiger partial charge in [0.15, 0.2) is 11.3 Å². The molecule has 0 unspecified atom stereocenters. The molecule has 1 fully saturated rings. The molecular weight excluding hydrogens is 392 g/mol. The summed E-state index contributed by atoms with van der Waals surface area (Å²) in [5.41, 5.74) is -0.492. The van der Waals surface area contributed by atoms with Gasteiger partial charge in [0.05, 0.1) is 31.0 Å². The van der Waals surface area contributed by atoms with Crippen molar-refractivity contribution in [1.29, 1.82) is 0 Å². The molecule has 29 heavy (non-hydrogen) atoms. The van der Waals surface area contributed by atoms with E-state index in [1.165, 1.54) is 18.2 Å². The van der Waals surface area contributed by atoms with Crippen LogP contribution in [0.2, 0.25) is 0 Å². The molecular formula is C19H16F4N4O2. The summed E-state index contributed by atoms with van der Waals surface area (Å²) in [5.74, 6) is -0.733. The van der Waals surface area contributed by atoms with Crippen LogP contribution in [0.25, 0.3) is 16.9 Å². The Balaban J connectivity index is 1.72. The van der Waals surface area contributed by atoms with Crippen molar-refractivity contribution in [3.63, 3.8) is 0 Å². The second-order valence-electron chi connectivity index (χ2n) is 6.61. The molecule has 2 aromatic heterocycles. The molecule has 1 saturated heterocycles. The van der Waals surface area contributed by atoms with Crippen molar-refractivity contribution in [3.05, 3.63) is 53.6 Å². The molecule has 10 heteroatoms. The number of carbonyl (C=O) groups excluding carboxylic acids is 1. The van der Waals surface area contributed by atoms with Crippen molar-refractivity contribution < 1.29 is 27.1 Å². The number of carbonyl (C=O) groups is 1. The first-order valence-corrected chi connectivity index (χ1v) is 8.89. The van der Waals surface area contributed by atoms with Gasteiger partial charge in [-0.25, -0.2) is 13.9 Å². The van der Waals surface area contributed by atoms with Crippen LogP contribution in [0, 0.1) is 5.82 Å². The van der Waals surface area contributed by atoms with Crippen molar-refractivity contribution >= 4 is 11.6 Å². The van der Waals surface area contributed by atoms with Crippen molar-refractivity contribution in [1.82, 2.24) is 19.5 Å². The molecule has 3 aromatic rings. The lowest BCUT2D eigenvalue weighted by Crippen LogP contribution is -2.41. The van der Waals surface area contributed by atoms with Crippen LogP contribution < -0.4 is 0 Å². The van der Waals surface area contributed by atoms with Crippen molar-refractivity contribution in [2.45, 2.75) is 12.6 Å². The molecule has 0 bridgehead atoms. The molecule has 1 aliphatic heterocycles. The van der Waals surface area contributed by atoms with E-state index in [4.69, 9.17) is 4.74 Å². The fourth-order valence-corrected chi connectivity index (χ4v) is 3.16. The summed E-state index contributed by atoms with van der Waals surface area (Å²) >= 11 is 0. The molecule has 1 aliphatic rings. The van der Waals surface area contributed by atoms with Crippen molar-refractivity contribution in [2.75, 3.05) is 26.3 Å². The first-order chi connectivity index (χ1) is 13.8. The number of ether oxygens (including phenoxy) is 1. The third-order valence-electron chi connectivity index (χ3n) is 4.60. The van der Waals surface area contributed by atoms with Gasteiger partial charge in [-0.1, -0.05) is 0 Å². The monoisotopic (exact) mass is 408 g/mol. The highest BCUT2D eigenvalue weighted by atomic mass is 19.4. The quantitative estimate of drug-likeness (QED) is 0.626. The van der Waals surface area contributed by atoms with E-state index in [9.17, 15) is 22.4 Å². The summed E-state index contributed by atoms with van der Waals surface area (Å²) < 4.78 is 59.8. The number of aromatic nitrogens is 3. The van der Waals surface area contributed by atoms with Crippen LogP contribution in [0.15, 0.2) is 36.4 Å². The number of rotatable bonds is 3. The lowest BCUT2D eigenvalue weighted by Gasteiger charge is -2.26. The van der Waals surface area contributed by atoms with E-state index in [-0.39, 0.29) is 29.4 Å². The van der Waals surface area contributed by atoms with E-state index in [1.54, 1.807) is 4.90 Å².